The van der Waals surface area contributed by atoms with E-state index in [0.717, 1.165) is 6.07 Å². The summed E-state index contributed by atoms with van der Waals surface area (Å²) >= 11 is 0. The van der Waals surface area contributed by atoms with Crippen LogP contribution in [-0.4, -0.2) is 28.6 Å². The number of carboxylic acid groups (broad SMARTS) is 1. The first-order chi connectivity index (χ1) is 10.1. The lowest BCUT2D eigenvalue weighted by Gasteiger charge is -2.08. The van der Waals surface area contributed by atoms with Gasteiger partial charge in [0.2, 0.25) is 0 Å². The monoisotopic (exact) mass is 290 g/mol. The number of carboxylic acids is 1. The van der Waals surface area contributed by atoms with Crippen LogP contribution in [0.15, 0.2) is 42.6 Å². The summed E-state index contributed by atoms with van der Waals surface area (Å²) in [5.74, 6) is -2.10. The summed E-state index contributed by atoms with van der Waals surface area (Å²) in [5, 5.41) is 11.3. The molecule has 1 aromatic carbocycles. The van der Waals surface area contributed by atoms with Gasteiger partial charge in [0.25, 0.3) is 5.91 Å². The van der Waals surface area contributed by atoms with Crippen molar-refractivity contribution >= 4 is 17.6 Å². The Morgan fingerprint density at radius 3 is 2.81 bits per heavy atom. The molecule has 0 saturated carbocycles. The van der Waals surface area contributed by atoms with E-state index in [0.29, 0.717) is 0 Å². The number of aromatic nitrogens is 1. The van der Waals surface area contributed by atoms with E-state index in [9.17, 15) is 14.0 Å². The first-order valence-electron chi connectivity index (χ1n) is 5.93. The number of pyridine rings is 1. The van der Waals surface area contributed by atoms with E-state index >= 15 is 0 Å². The van der Waals surface area contributed by atoms with Crippen LogP contribution in [0.4, 0.5) is 10.1 Å². The van der Waals surface area contributed by atoms with E-state index in [1.165, 1.54) is 36.5 Å². The van der Waals surface area contributed by atoms with Crippen LogP contribution in [0.3, 0.4) is 0 Å². The summed E-state index contributed by atoms with van der Waals surface area (Å²) in [6.45, 7) is -0.378. The Morgan fingerprint density at radius 1 is 1.29 bits per heavy atom. The van der Waals surface area contributed by atoms with E-state index in [1.807, 2.05) is 0 Å². The molecular weight excluding hydrogens is 279 g/mol. The van der Waals surface area contributed by atoms with Crippen molar-refractivity contribution in [1.82, 2.24) is 4.98 Å². The molecule has 0 unspecified atom stereocenters. The summed E-state index contributed by atoms with van der Waals surface area (Å²) in [6.07, 6.45) is 1.31. The highest BCUT2D eigenvalue weighted by molar-refractivity contribution is 5.99. The second-order valence-corrected chi connectivity index (χ2v) is 4.00. The van der Waals surface area contributed by atoms with Gasteiger partial charge in [-0.25, -0.2) is 14.2 Å². The van der Waals surface area contributed by atoms with Crippen LogP contribution >= 0.6 is 0 Å². The van der Waals surface area contributed by atoms with Crippen molar-refractivity contribution in [2.24, 2.45) is 0 Å². The third-order valence-electron chi connectivity index (χ3n) is 2.45. The molecule has 0 saturated heterocycles. The molecular formula is C14H11FN2O4. The smallest absolute Gasteiger partial charge is 0.356 e. The number of ether oxygens (including phenoxy) is 1. The minimum atomic E-state index is -1.25. The number of amides is 1. The largest absolute Gasteiger partial charge is 0.484 e. The third-order valence-corrected chi connectivity index (χ3v) is 2.45. The summed E-state index contributed by atoms with van der Waals surface area (Å²) in [7, 11) is 0. The van der Waals surface area contributed by atoms with Crippen molar-refractivity contribution in [3.63, 3.8) is 0 Å². The molecule has 0 radical (unpaired) electrons. The number of benzene rings is 1. The number of nitrogens with zero attached hydrogens (tertiary/aromatic N) is 1. The fourth-order valence-electron chi connectivity index (χ4n) is 1.57. The number of hydrogen-bond donors (Lipinski definition) is 2. The van der Waals surface area contributed by atoms with Crippen molar-refractivity contribution in [2.45, 2.75) is 0 Å². The van der Waals surface area contributed by atoms with Gasteiger partial charge in [-0.3, -0.25) is 4.79 Å². The van der Waals surface area contributed by atoms with Crippen LogP contribution in [0, 0.1) is 5.82 Å². The number of hydrogen-bond acceptors (Lipinski definition) is 4. The molecule has 0 atom stereocenters. The van der Waals surface area contributed by atoms with Gasteiger partial charge in [0, 0.05) is 12.3 Å². The highest BCUT2D eigenvalue weighted by Crippen LogP contribution is 2.14. The normalized spacial score (nSPS) is 9.95. The number of anilines is 1. The molecule has 21 heavy (non-hydrogen) atoms. The lowest BCUT2D eigenvalue weighted by atomic mass is 10.3. The number of carbonyl (C=O) groups excluding carboxylic acids is 1. The fraction of sp³-hybridized carbons (Fsp3) is 0.0714. The van der Waals surface area contributed by atoms with Crippen LogP contribution in [0.1, 0.15) is 10.5 Å². The molecule has 0 aliphatic carbocycles. The van der Waals surface area contributed by atoms with Gasteiger partial charge in [-0.15, -0.1) is 0 Å². The van der Waals surface area contributed by atoms with Gasteiger partial charge in [-0.1, -0.05) is 6.07 Å². The number of nitrogens with one attached hydrogen (secondary N) is 1. The summed E-state index contributed by atoms with van der Waals surface area (Å²) in [4.78, 5) is 26.3. The van der Waals surface area contributed by atoms with Crippen molar-refractivity contribution in [2.75, 3.05) is 11.9 Å². The Morgan fingerprint density at radius 2 is 2.10 bits per heavy atom. The van der Waals surface area contributed by atoms with Crippen LogP contribution in [0.2, 0.25) is 0 Å². The maximum Gasteiger partial charge on any atom is 0.356 e. The Hall–Kier alpha value is -2.96. The number of aromatic carboxylic acids is 1. The Kier molecular flexibility index (Phi) is 4.45. The second kappa shape index (κ2) is 6.47. The molecule has 0 spiro atoms. The molecule has 0 bridgehead atoms. The maximum absolute atomic E-state index is 12.9. The number of rotatable bonds is 5. The van der Waals surface area contributed by atoms with Crippen LogP contribution in [-0.2, 0) is 4.79 Å². The van der Waals surface area contributed by atoms with Gasteiger partial charge in [0.1, 0.15) is 11.6 Å². The van der Waals surface area contributed by atoms with E-state index in [4.69, 9.17) is 9.84 Å². The van der Waals surface area contributed by atoms with E-state index in [1.54, 1.807) is 0 Å². The first-order valence-corrected chi connectivity index (χ1v) is 5.93. The van der Waals surface area contributed by atoms with E-state index in [2.05, 4.69) is 10.3 Å². The van der Waals surface area contributed by atoms with Crippen LogP contribution in [0.25, 0.3) is 0 Å². The first kappa shape index (κ1) is 14.4. The van der Waals surface area contributed by atoms with Gasteiger partial charge in [-0.05, 0) is 24.3 Å². The van der Waals surface area contributed by atoms with Crippen molar-refractivity contribution in [3.05, 3.63) is 54.1 Å². The number of halogens is 1. The van der Waals surface area contributed by atoms with Crippen molar-refractivity contribution in [3.8, 4) is 5.75 Å². The SMILES string of the molecule is O=C(COc1cccc(F)c1)Nc1cccnc1C(=O)O. The topological polar surface area (TPSA) is 88.5 Å². The zero-order valence-corrected chi connectivity index (χ0v) is 10.7. The Labute approximate surface area is 119 Å². The molecule has 1 aromatic heterocycles. The molecule has 2 N–H and O–H groups in total. The quantitative estimate of drug-likeness (QED) is 0.878. The standard InChI is InChI=1S/C14H11FN2O4/c15-9-3-1-4-10(7-9)21-8-12(18)17-11-5-2-6-16-13(11)14(19)20/h1-7H,8H2,(H,17,18)(H,19,20). The average molecular weight is 290 g/mol. The van der Waals surface area contributed by atoms with Crippen LogP contribution < -0.4 is 10.1 Å². The Balaban J connectivity index is 1.98. The Bertz CT molecular complexity index is 676. The van der Waals surface area contributed by atoms with Crippen LogP contribution in [0.5, 0.6) is 5.75 Å². The molecule has 7 heteroatoms. The third kappa shape index (κ3) is 4.00. The predicted octanol–water partition coefficient (Wildman–Crippen LogP) is 1.94. The van der Waals surface area contributed by atoms with Crippen molar-refractivity contribution in [1.29, 1.82) is 0 Å². The summed E-state index contributed by atoms with van der Waals surface area (Å²) in [6, 6.07) is 8.25. The predicted molar refractivity (Wildman–Crippen MR) is 71.7 cm³/mol. The highest BCUT2D eigenvalue weighted by atomic mass is 19.1. The average Bonchev–Trinajstić information content (AvgIpc) is 2.45. The van der Waals surface area contributed by atoms with Gasteiger partial charge in [-0.2, -0.15) is 0 Å². The highest BCUT2D eigenvalue weighted by Gasteiger charge is 2.13. The van der Waals surface area contributed by atoms with E-state index in [-0.39, 0.29) is 23.7 Å². The molecule has 0 fully saturated rings. The zero-order chi connectivity index (χ0) is 15.2. The maximum atomic E-state index is 12.9. The van der Waals surface area contributed by atoms with Gasteiger partial charge in [0.05, 0.1) is 5.69 Å². The zero-order valence-electron chi connectivity index (χ0n) is 10.7. The van der Waals surface area contributed by atoms with E-state index < -0.39 is 17.7 Å². The molecule has 0 aliphatic heterocycles. The van der Waals surface area contributed by atoms with Gasteiger partial charge in [0.15, 0.2) is 12.3 Å². The molecule has 0 aliphatic rings. The minimum absolute atomic E-state index is 0.0674. The van der Waals surface area contributed by atoms with Gasteiger partial charge >= 0.3 is 5.97 Å². The molecule has 6 nitrogen and oxygen atoms in total. The van der Waals surface area contributed by atoms with Gasteiger partial charge < -0.3 is 15.2 Å². The molecule has 1 heterocycles. The molecule has 1 amide bonds. The summed E-state index contributed by atoms with van der Waals surface area (Å²) < 4.78 is 18.0. The molecule has 108 valence electrons. The fourth-order valence-corrected chi connectivity index (χ4v) is 1.57. The second-order valence-electron chi connectivity index (χ2n) is 4.00. The number of carbonyl (C=O) groups is 2. The lowest BCUT2D eigenvalue weighted by Crippen LogP contribution is -2.22. The van der Waals surface area contributed by atoms with Crippen molar-refractivity contribution < 1.29 is 23.8 Å². The minimum Gasteiger partial charge on any atom is -0.484 e. The lowest BCUT2D eigenvalue weighted by molar-refractivity contribution is -0.118. The summed E-state index contributed by atoms with van der Waals surface area (Å²) in [5.41, 5.74) is -0.200. The molecule has 2 aromatic rings. The molecule has 2 rings (SSSR count).